The summed E-state index contributed by atoms with van der Waals surface area (Å²) in [6.45, 7) is 6.35. The molecule has 18 heavy (non-hydrogen) atoms. The van der Waals surface area contributed by atoms with Gasteiger partial charge in [-0.05, 0) is 62.3 Å². The lowest BCUT2D eigenvalue weighted by Gasteiger charge is -2.34. The SMILES string of the molecule is CCCC1CCCN(CC2(CS)CCCC2)CC1. The lowest BCUT2D eigenvalue weighted by Crippen LogP contribution is -2.38. The average molecular weight is 269 g/mol. The fourth-order valence-electron chi connectivity index (χ4n) is 4.05. The molecule has 0 amide bonds. The number of thiol groups is 1. The fraction of sp³-hybridized carbons (Fsp3) is 1.00. The monoisotopic (exact) mass is 269 g/mol. The minimum atomic E-state index is 0.563. The van der Waals surface area contributed by atoms with Crippen molar-refractivity contribution in [2.24, 2.45) is 11.3 Å². The first-order chi connectivity index (χ1) is 8.78. The van der Waals surface area contributed by atoms with Crippen LogP contribution in [-0.4, -0.2) is 30.3 Å². The molecule has 1 saturated carbocycles. The van der Waals surface area contributed by atoms with Crippen molar-refractivity contribution in [2.75, 3.05) is 25.4 Å². The van der Waals surface area contributed by atoms with Gasteiger partial charge in [0.2, 0.25) is 0 Å². The summed E-state index contributed by atoms with van der Waals surface area (Å²) >= 11 is 4.65. The Hall–Kier alpha value is 0.310. The van der Waals surface area contributed by atoms with E-state index in [9.17, 15) is 0 Å². The van der Waals surface area contributed by atoms with Gasteiger partial charge in [-0.15, -0.1) is 0 Å². The minimum Gasteiger partial charge on any atom is -0.303 e. The van der Waals surface area contributed by atoms with Crippen molar-refractivity contribution < 1.29 is 0 Å². The van der Waals surface area contributed by atoms with Gasteiger partial charge in [-0.1, -0.05) is 32.6 Å². The maximum absolute atomic E-state index is 4.65. The molecule has 106 valence electrons. The lowest BCUT2D eigenvalue weighted by molar-refractivity contribution is 0.174. The van der Waals surface area contributed by atoms with Crippen LogP contribution in [-0.2, 0) is 0 Å². The van der Waals surface area contributed by atoms with Gasteiger partial charge < -0.3 is 4.90 Å². The van der Waals surface area contributed by atoms with E-state index in [4.69, 9.17) is 0 Å². The molecule has 1 unspecified atom stereocenters. The van der Waals surface area contributed by atoms with E-state index in [1.165, 1.54) is 77.4 Å². The maximum atomic E-state index is 4.65. The second kappa shape index (κ2) is 7.19. The second-order valence-corrected chi connectivity index (χ2v) is 7.04. The predicted molar refractivity (Wildman–Crippen MR) is 83.4 cm³/mol. The first-order valence-electron chi connectivity index (χ1n) is 8.11. The largest absolute Gasteiger partial charge is 0.303 e. The van der Waals surface area contributed by atoms with Crippen LogP contribution in [0.4, 0.5) is 0 Å². The van der Waals surface area contributed by atoms with Gasteiger partial charge in [0, 0.05) is 6.54 Å². The van der Waals surface area contributed by atoms with E-state index < -0.39 is 0 Å². The van der Waals surface area contributed by atoms with E-state index in [2.05, 4.69) is 24.5 Å². The van der Waals surface area contributed by atoms with Crippen LogP contribution >= 0.6 is 12.6 Å². The molecule has 0 radical (unpaired) electrons. The van der Waals surface area contributed by atoms with Crippen molar-refractivity contribution in [3.63, 3.8) is 0 Å². The van der Waals surface area contributed by atoms with Crippen LogP contribution < -0.4 is 0 Å². The molecule has 0 bridgehead atoms. The third-order valence-electron chi connectivity index (χ3n) is 5.20. The molecule has 0 aromatic carbocycles. The van der Waals surface area contributed by atoms with E-state index in [-0.39, 0.29) is 0 Å². The molecule has 1 saturated heterocycles. The number of hydrogen-bond acceptors (Lipinski definition) is 2. The second-order valence-electron chi connectivity index (χ2n) is 6.73. The topological polar surface area (TPSA) is 3.24 Å². The van der Waals surface area contributed by atoms with E-state index in [0.717, 1.165) is 11.7 Å². The van der Waals surface area contributed by atoms with Gasteiger partial charge in [0.1, 0.15) is 0 Å². The molecule has 2 rings (SSSR count). The van der Waals surface area contributed by atoms with Crippen molar-refractivity contribution >= 4 is 12.6 Å². The smallest absolute Gasteiger partial charge is 0.00458 e. The molecule has 2 fully saturated rings. The molecule has 0 spiro atoms. The Morgan fingerprint density at radius 3 is 2.56 bits per heavy atom. The molecule has 0 aromatic rings. The fourth-order valence-corrected chi connectivity index (χ4v) is 4.46. The summed E-state index contributed by atoms with van der Waals surface area (Å²) in [6.07, 6.45) is 12.9. The van der Waals surface area contributed by atoms with Gasteiger partial charge in [0.05, 0.1) is 0 Å². The Bertz CT molecular complexity index is 235. The van der Waals surface area contributed by atoms with Crippen LogP contribution in [0.5, 0.6) is 0 Å². The summed E-state index contributed by atoms with van der Waals surface area (Å²) in [5.41, 5.74) is 0.563. The first-order valence-corrected chi connectivity index (χ1v) is 8.74. The molecule has 2 aliphatic rings. The highest BCUT2D eigenvalue weighted by Crippen LogP contribution is 2.40. The highest BCUT2D eigenvalue weighted by Gasteiger charge is 2.34. The molecule has 1 nitrogen and oxygen atoms in total. The molecule has 2 heteroatoms. The minimum absolute atomic E-state index is 0.563. The Balaban J connectivity index is 1.82. The van der Waals surface area contributed by atoms with Crippen molar-refractivity contribution in [1.82, 2.24) is 4.90 Å². The van der Waals surface area contributed by atoms with Gasteiger partial charge in [-0.25, -0.2) is 0 Å². The predicted octanol–water partition coefficient (Wildman–Crippen LogP) is 4.38. The normalized spacial score (nSPS) is 29.3. The van der Waals surface area contributed by atoms with E-state index >= 15 is 0 Å². The summed E-state index contributed by atoms with van der Waals surface area (Å²) < 4.78 is 0. The van der Waals surface area contributed by atoms with Gasteiger partial charge in [0.15, 0.2) is 0 Å². The molecule has 1 atom stereocenters. The van der Waals surface area contributed by atoms with Gasteiger partial charge >= 0.3 is 0 Å². The van der Waals surface area contributed by atoms with Crippen LogP contribution in [0.2, 0.25) is 0 Å². The number of hydrogen-bond donors (Lipinski definition) is 1. The van der Waals surface area contributed by atoms with Crippen molar-refractivity contribution in [3.05, 3.63) is 0 Å². The zero-order chi connectivity index (χ0) is 12.8. The standard InChI is InChI=1S/C16H31NS/c1-2-6-15-7-5-11-17(12-8-15)13-16(14-18)9-3-4-10-16/h15,18H,2-14H2,1H3. The summed E-state index contributed by atoms with van der Waals surface area (Å²) in [5, 5.41) is 0. The molecular formula is C16H31NS. The Kier molecular flexibility index (Phi) is 5.88. The van der Waals surface area contributed by atoms with E-state index in [0.29, 0.717) is 5.41 Å². The number of rotatable bonds is 5. The van der Waals surface area contributed by atoms with Crippen LogP contribution in [0.1, 0.15) is 64.7 Å². The van der Waals surface area contributed by atoms with Gasteiger partial charge in [-0.2, -0.15) is 12.6 Å². The van der Waals surface area contributed by atoms with Crippen molar-refractivity contribution in [2.45, 2.75) is 64.7 Å². The highest BCUT2D eigenvalue weighted by atomic mass is 32.1. The van der Waals surface area contributed by atoms with Gasteiger partial charge in [-0.3, -0.25) is 0 Å². The summed E-state index contributed by atoms with van der Waals surface area (Å²) in [6, 6.07) is 0. The van der Waals surface area contributed by atoms with E-state index in [1.54, 1.807) is 0 Å². The quantitative estimate of drug-likeness (QED) is 0.725. The molecule has 0 aromatic heterocycles. The molecule has 0 N–H and O–H groups in total. The molecule has 1 heterocycles. The summed E-state index contributed by atoms with van der Waals surface area (Å²) in [7, 11) is 0. The van der Waals surface area contributed by atoms with Crippen LogP contribution in [0.25, 0.3) is 0 Å². The third-order valence-corrected chi connectivity index (χ3v) is 5.87. The molecule has 1 aliphatic heterocycles. The first kappa shape index (κ1) is 14.7. The zero-order valence-corrected chi connectivity index (χ0v) is 13.1. The summed E-state index contributed by atoms with van der Waals surface area (Å²) in [5.74, 6) is 2.11. The molecular weight excluding hydrogens is 238 g/mol. The highest BCUT2D eigenvalue weighted by molar-refractivity contribution is 7.80. The number of nitrogens with zero attached hydrogens (tertiary/aromatic N) is 1. The zero-order valence-electron chi connectivity index (χ0n) is 12.2. The Labute approximate surface area is 119 Å². The third kappa shape index (κ3) is 3.90. The Morgan fingerprint density at radius 2 is 1.89 bits per heavy atom. The lowest BCUT2D eigenvalue weighted by atomic mass is 9.87. The van der Waals surface area contributed by atoms with Crippen molar-refractivity contribution in [3.8, 4) is 0 Å². The van der Waals surface area contributed by atoms with Gasteiger partial charge in [0.25, 0.3) is 0 Å². The van der Waals surface area contributed by atoms with E-state index in [1.807, 2.05) is 0 Å². The summed E-state index contributed by atoms with van der Waals surface area (Å²) in [4.78, 5) is 2.76. The number of likely N-dealkylation sites (tertiary alicyclic amines) is 1. The maximum Gasteiger partial charge on any atom is 0.00458 e. The van der Waals surface area contributed by atoms with Crippen LogP contribution in [0, 0.1) is 11.3 Å². The molecule has 1 aliphatic carbocycles. The van der Waals surface area contributed by atoms with Crippen molar-refractivity contribution in [1.29, 1.82) is 0 Å². The Morgan fingerprint density at radius 1 is 1.11 bits per heavy atom. The van der Waals surface area contributed by atoms with Crippen LogP contribution in [0.3, 0.4) is 0 Å². The van der Waals surface area contributed by atoms with Crippen LogP contribution in [0.15, 0.2) is 0 Å². The average Bonchev–Trinajstić information content (AvgIpc) is 2.74.